The topological polar surface area (TPSA) is 3.24 Å². The fourth-order valence-electron chi connectivity index (χ4n) is 8.51. The maximum atomic E-state index is 2.39. The van der Waals surface area contributed by atoms with Gasteiger partial charge in [0.05, 0.1) is 11.1 Å². The summed E-state index contributed by atoms with van der Waals surface area (Å²) in [6, 6.07) is 81.9. The molecule has 0 amide bonds. The molecule has 1 heterocycles. The van der Waals surface area contributed by atoms with Gasteiger partial charge in [0.25, 0.3) is 0 Å². The fraction of sp³-hybridized carbons (Fsp3) is 0.0189. The first-order chi connectivity index (χ1) is 27.3. The zero-order valence-corrected chi connectivity index (χ0v) is 31.0. The Labute approximate surface area is 327 Å². The van der Waals surface area contributed by atoms with Crippen LogP contribution in [-0.2, 0) is 5.41 Å². The third-order valence-electron chi connectivity index (χ3n) is 11.0. The van der Waals surface area contributed by atoms with Gasteiger partial charge < -0.3 is 4.90 Å². The Bertz CT molecular complexity index is 2710. The van der Waals surface area contributed by atoms with E-state index in [2.05, 4.69) is 229 Å². The van der Waals surface area contributed by atoms with Crippen LogP contribution < -0.4 is 4.90 Å². The van der Waals surface area contributed by atoms with E-state index in [0.717, 1.165) is 17.1 Å². The Kier molecular flexibility index (Phi) is 8.39. The Hall–Kier alpha value is -6.61. The van der Waals surface area contributed by atoms with Gasteiger partial charge in [-0.05, 0) is 86.3 Å². The van der Waals surface area contributed by atoms with Crippen molar-refractivity contribution in [1.29, 1.82) is 0 Å². The standard InChI is InChI=1S/C53H37NS/c1-4-16-38(17-5-1)39-30-34-44(35-31-39)54(50-28-14-19-40-18-10-11-24-46(40)50)45-36-32-41(33-37-45)47-25-15-27-49-52(47)55-51-29-13-12-26-48(51)53(49,42-20-6-2-7-21-42)43-22-8-3-9-23-43/h1-37H. The molecule has 9 aromatic carbocycles. The summed E-state index contributed by atoms with van der Waals surface area (Å²) in [4.78, 5) is 4.97. The van der Waals surface area contributed by atoms with Crippen LogP contribution in [-0.4, -0.2) is 0 Å². The highest BCUT2D eigenvalue weighted by atomic mass is 32.2. The van der Waals surface area contributed by atoms with E-state index in [1.165, 1.54) is 65.1 Å². The van der Waals surface area contributed by atoms with Gasteiger partial charge in [-0.3, -0.25) is 0 Å². The van der Waals surface area contributed by atoms with Crippen molar-refractivity contribution >= 4 is 39.6 Å². The second-order valence-corrected chi connectivity index (χ2v) is 15.1. The molecule has 0 atom stereocenters. The predicted molar refractivity (Wildman–Crippen MR) is 232 cm³/mol. The number of nitrogens with zero attached hydrogens (tertiary/aromatic N) is 1. The molecule has 0 saturated heterocycles. The summed E-state index contributed by atoms with van der Waals surface area (Å²) in [6.45, 7) is 0. The van der Waals surface area contributed by atoms with E-state index in [1.807, 2.05) is 11.8 Å². The second kappa shape index (κ2) is 14.0. The van der Waals surface area contributed by atoms with Gasteiger partial charge in [-0.25, -0.2) is 0 Å². The van der Waals surface area contributed by atoms with E-state index in [9.17, 15) is 0 Å². The molecule has 2 heteroatoms. The molecule has 0 aliphatic carbocycles. The molecule has 0 aromatic heterocycles. The van der Waals surface area contributed by atoms with Crippen LogP contribution in [0.5, 0.6) is 0 Å². The Balaban J connectivity index is 1.12. The second-order valence-electron chi connectivity index (χ2n) is 14.1. The largest absolute Gasteiger partial charge is 0.310 e. The highest BCUT2D eigenvalue weighted by molar-refractivity contribution is 7.99. The van der Waals surface area contributed by atoms with Crippen molar-refractivity contribution < 1.29 is 0 Å². The van der Waals surface area contributed by atoms with Crippen molar-refractivity contribution in [2.45, 2.75) is 15.2 Å². The van der Waals surface area contributed by atoms with Crippen LogP contribution >= 0.6 is 11.8 Å². The Morgan fingerprint density at radius 1 is 0.364 bits per heavy atom. The van der Waals surface area contributed by atoms with Gasteiger partial charge in [0.2, 0.25) is 0 Å². The lowest BCUT2D eigenvalue weighted by molar-refractivity contribution is 0.703. The molecular weight excluding hydrogens is 683 g/mol. The van der Waals surface area contributed by atoms with Crippen molar-refractivity contribution in [1.82, 2.24) is 0 Å². The molecule has 0 unspecified atom stereocenters. The van der Waals surface area contributed by atoms with Gasteiger partial charge in [-0.1, -0.05) is 200 Å². The molecule has 1 nitrogen and oxygen atoms in total. The van der Waals surface area contributed by atoms with E-state index in [4.69, 9.17) is 0 Å². The van der Waals surface area contributed by atoms with E-state index in [0.29, 0.717) is 0 Å². The lowest BCUT2D eigenvalue weighted by atomic mass is 9.64. The Morgan fingerprint density at radius 2 is 0.873 bits per heavy atom. The molecular formula is C53H37NS. The summed E-state index contributed by atoms with van der Waals surface area (Å²) >= 11 is 1.89. The van der Waals surface area contributed by atoms with Crippen molar-refractivity contribution in [3.63, 3.8) is 0 Å². The van der Waals surface area contributed by atoms with Gasteiger partial charge in [0, 0.05) is 26.6 Å². The minimum atomic E-state index is -0.466. The minimum absolute atomic E-state index is 0.466. The molecule has 0 spiro atoms. The summed E-state index contributed by atoms with van der Waals surface area (Å²) in [6.07, 6.45) is 0. The summed E-state index contributed by atoms with van der Waals surface area (Å²) < 4.78 is 0. The molecule has 0 bridgehead atoms. The predicted octanol–water partition coefficient (Wildman–Crippen LogP) is 14.5. The molecule has 0 radical (unpaired) electrons. The average Bonchev–Trinajstić information content (AvgIpc) is 3.27. The van der Waals surface area contributed by atoms with Crippen LogP contribution in [0.4, 0.5) is 17.1 Å². The number of anilines is 3. The third-order valence-corrected chi connectivity index (χ3v) is 12.2. The Morgan fingerprint density at radius 3 is 1.56 bits per heavy atom. The molecule has 10 rings (SSSR count). The lowest BCUT2D eigenvalue weighted by Gasteiger charge is -2.42. The molecule has 1 aliphatic rings. The van der Waals surface area contributed by atoms with Gasteiger partial charge >= 0.3 is 0 Å². The minimum Gasteiger partial charge on any atom is -0.310 e. The summed E-state index contributed by atoms with van der Waals surface area (Å²) in [5.41, 5.74) is 12.9. The maximum Gasteiger partial charge on any atom is 0.0723 e. The molecule has 0 saturated carbocycles. The number of rotatable bonds is 7. The molecule has 55 heavy (non-hydrogen) atoms. The fourth-order valence-corrected chi connectivity index (χ4v) is 9.83. The summed E-state index contributed by atoms with van der Waals surface area (Å²) in [5.74, 6) is 0. The highest BCUT2D eigenvalue weighted by Crippen LogP contribution is 2.57. The smallest absolute Gasteiger partial charge is 0.0723 e. The van der Waals surface area contributed by atoms with Crippen LogP contribution in [0.3, 0.4) is 0 Å². The van der Waals surface area contributed by atoms with Crippen LogP contribution in [0.25, 0.3) is 33.0 Å². The first-order valence-corrected chi connectivity index (χ1v) is 19.7. The molecule has 9 aromatic rings. The van der Waals surface area contributed by atoms with Gasteiger partial charge in [-0.2, -0.15) is 0 Å². The quantitative estimate of drug-likeness (QED) is 0.161. The monoisotopic (exact) mass is 719 g/mol. The van der Waals surface area contributed by atoms with E-state index >= 15 is 0 Å². The van der Waals surface area contributed by atoms with Gasteiger partial charge in [-0.15, -0.1) is 0 Å². The van der Waals surface area contributed by atoms with Gasteiger partial charge in [0.1, 0.15) is 0 Å². The lowest BCUT2D eigenvalue weighted by Crippen LogP contribution is -2.34. The van der Waals surface area contributed by atoms with Crippen LogP contribution in [0.2, 0.25) is 0 Å². The number of fused-ring (bicyclic) bond motifs is 3. The highest BCUT2D eigenvalue weighted by Gasteiger charge is 2.44. The van der Waals surface area contributed by atoms with E-state index < -0.39 is 5.41 Å². The first kappa shape index (κ1) is 33.0. The first-order valence-electron chi connectivity index (χ1n) is 18.8. The van der Waals surface area contributed by atoms with E-state index in [1.54, 1.807) is 0 Å². The molecule has 260 valence electrons. The third kappa shape index (κ3) is 5.66. The summed E-state index contributed by atoms with van der Waals surface area (Å²) in [7, 11) is 0. The van der Waals surface area contributed by atoms with E-state index in [-0.39, 0.29) is 0 Å². The molecule has 0 N–H and O–H groups in total. The van der Waals surface area contributed by atoms with Crippen molar-refractivity contribution in [3.05, 3.63) is 247 Å². The van der Waals surface area contributed by atoms with Crippen LogP contribution in [0.1, 0.15) is 22.3 Å². The SMILES string of the molecule is c1ccc(-c2ccc(N(c3ccc(-c4cccc5c4Sc4ccccc4C5(c4ccccc4)c4ccccc4)cc3)c3cccc4ccccc34)cc2)cc1. The number of hydrogen-bond donors (Lipinski definition) is 0. The van der Waals surface area contributed by atoms with Crippen molar-refractivity contribution in [3.8, 4) is 22.3 Å². The van der Waals surface area contributed by atoms with Gasteiger partial charge in [0.15, 0.2) is 0 Å². The number of benzene rings is 9. The average molecular weight is 720 g/mol. The van der Waals surface area contributed by atoms with Crippen LogP contribution in [0, 0.1) is 0 Å². The van der Waals surface area contributed by atoms with Crippen molar-refractivity contribution in [2.24, 2.45) is 0 Å². The van der Waals surface area contributed by atoms with Crippen LogP contribution in [0.15, 0.2) is 234 Å². The normalized spacial score (nSPS) is 12.8. The number of hydrogen-bond acceptors (Lipinski definition) is 2. The zero-order valence-electron chi connectivity index (χ0n) is 30.2. The van der Waals surface area contributed by atoms with Crippen molar-refractivity contribution in [2.75, 3.05) is 4.90 Å². The molecule has 0 fully saturated rings. The molecule has 1 aliphatic heterocycles. The maximum absolute atomic E-state index is 2.39. The summed E-state index contributed by atoms with van der Waals surface area (Å²) in [5, 5.41) is 2.43. The zero-order chi connectivity index (χ0) is 36.6.